The number of likely N-dealkylation sites (tertiary alicyclic amines) is 1. The van der Waals surface area contributed by atoms with Crippen LogP contribution in [0.15, 0.2) is 0 Å². The quantitative estimate of drug-likeness (QED) is 0.817. The number of piperidine rings is 1. The average molecular weight is 344 g/mol. The van der Waals surface area contributed by atoms with E-state index in [9.17, 15) is 9.59 Å². The number of primary amides is 1. The summed E-state index contributed by atoms with van der Waals surface area (Å²) in [5.74, 6) is 1.20. The van der Waals surface area contributed by atoms with E-state index in [-0.39, 0.29) is 30.3 Å². The molecule has 0 spiro atoms. The molecule has 0 bridgehead atoms. The molecule has 2 saturated heterocycles. The van der Waals surface area contributed by atoms with E-state index in [0.29, 0.717) is 24.3 Å². The molecule has 0 aromatic carbocycles. The van der Waals surface area contributed by atoms with Crippen molar-refractivity contribution in [1.82, 2.24) is 10.2 Å². The summed E-state index contributed by atoms with van der Waals surface area (Å²) < 4.78 is 0. The number of nitrogens with two attached hydrogens (primary N) is 1. The highest BCUT2D eigenvalue weighted by Crippen LogP contribution is 2.34. The van der Waals surface area contributed by atoms with Crippen LogP contribution in [0.3, 0.4) is 0 Å². The van der Waals surface area contributed by atoms with Crippen LogP contribution in [-0.4, -0.2) is 41.9 Å². The molecule has 132 valence electrons. The summed E-state index contributed by atoms with van der Waals surface area (Å²) in [4.78, 5) is 25.8. The number of hydrogen-bond donors (Lipinski definition) is 2. The molecule has 2 heterocycles. The number of carbonyl (C=O) groups is 2. The summed E-state index contributed by atoms with van der Waals surface area (Å²) in [5.41, 5.74) is 5.24. The number of halogens is 1. The van der Waals surface area contributed by atoms with E-state index >= 15 is 0 Å². The molecule has 2 amide bonds. The van der Waals surface area contributed by atoms with Gasteiger partial charge in [-0.3, -0.25) is 9.59 Å². The number of fused-ring (bicyclic) bond motifs is 1. The van der Waals surface area contributed by atoms with E-state index in [1.54, 1.807) is 0 Å². The minimum atomic E-state index is -0.231. The first-order valence-electron chi connectivity index (χ1n) is 8.96. The first kappa shape index (κ1) is 18.5. The number of nitrogens with zero attached hydrogens (tertiary/aromatic N) is 1. The van der Waals surface area contributed by atoms with Crippen LogP contribution < -0.4 is 11.1 Å². The van der Waals surface area contributed by atoms with Crippen molar-refractivity contribution in [1.29, 1.82) is 0 Å². The Balaban J connectivity index is 0.00000192. The lowest BCUT2D eigenvalue weighted by atomic mass is 9.85. The van der Waals surface area contributed by atoms with Gasteiger partial charge in [0.25, 0.3) is 0 Å². The molecule has 2 aliphatic heterocycles. The lowest BCUT2D eigenvalue weighted by molar-refractivity contribution is -0.135. The lowest BCUT2D eigenvalue weighted by Gasteiger charge is -2.34. The standard InChI is InChI=1S/C17H29N3O2.ClH/c18-16(21)8-7-12-4-3-9-20(11-12)17(22)15-10-13-5-1-2-6-14(13)19-15;/h12-15,19H,1-11H2,(H2,18,21);1H. The van der Waals surface area contributed by atoms with Gasteiger partial charge < -0.3 is 16.0 Å². The predicted molar refractivity (Wildman–Crippen MR) is 92.3 cm³/mol. The molecule has 0 aromatic rings. The lowest BCUT2D eigenvalue weighted by Crippen LogP contribution is -2.49. The summed E-state index contributed by atoms with van der Waals surface area (Å²) in [5, 5.41) is 3.59. The largest absolute Gasteiger partial charge is 0.370 e. The summed E-state index contributed by atoms with van der Waals surface area (Å²) in [6.45, 7) is 1.68. The van der Waals surface area contributed by atoms with Crippen molar-refractivity contribution in [2.45, 2.75) is 69.9 Å². The second kappa shape index (κ2) is 8.34. The molecular weight excluding hydrogens is 314 g/mol. The predicted octanol–water partition coefficient (Wildman–Crippen LogP) is 1.83. The Hall–Kier alpha value is -0.810. The van der Waals surface area contributed by atoms with Gasteiger partial charge in [-0.05, 0) is 50.4 Å². The fourth-order valence-corrected chi connectivity index (χ4v) is 4.58. The molecule has 4 atom stereocenters. The van der Waals surface area contributed by atoms with Gasteiger partial charge in [-0.2, -0.15) is 0 Å². The third kappa shape index (κ3) is 4.60. The van der Waals surface area contributed by atoms with Crippen LogP contribution in [0.4, 0.5) is 0 Å². The molecule has 0 radical (unpaired) electrons. The molecular formula is C17H30ClN3O2. The van der Waals surface area contributed by atoms with Gasteiger partial charge in [0.1, 0.15) is 0 Å². The molecule has 4 unspecified atom stereocenters. The van der Waals surface area contributed by atoms with Crippen LogP contribution in [0.5, 0.6) is 0 Å². The monoisotopic (exact) mass is 343 g/mol. The Morgan fingerprint density at radius 1 is 1.13 bits per heavy atom. The highest BCUT2D eigenvalue weighted by molar-refractivity contribution is 5.85. The average Bonchev–Trinajstić information content (AvgIpc) is 2.96. The minimum absolute atomic E-state index is 0. The van der Waals surface area contributed by atoms with Crippen molar-refractivity contribution >= 4 is 24.2 Å². The maximum atomic E-state index is 12.8. The first-order valence-corrected chi connectivity index (χ1v) is 8.96. The molecule has 3 aliphatic rings. The molecule has 1 saturated carbocycles. The summed E-state index contributed by atoms with van der Waals surface area (Å²) in [6.07, 6.45) is 9.58. The van der Waals surface area contributed by atoms with Crippen LogP contribution in [0.25, 0.3) is 0 Å². The van der Waals surface area contributed by atoms with Crippen LogP contribution in [0, 0.1) is 11.8 Å². The molecule has 3 rings (SSSR count). The van der Waals surface area contributed by atoms with Gasteiger partial charge in [-0.1, -0.05) is 12.8 Å². The maximum Gasteiger partial charge on any atom is 0.239 e. The van der Waals surface area contributed by atoms with E-state index in [4.69, 9.17) is 5.73 Å². The molecule has 5 nitrogen and oxygen atoms in total. The third-order valence-corrected chi connectivity index (χ3v) is 5.79. The molecule has 3 fully saturated rings. The van der Waals surface area contributed by atoms with E-state index in [1.165, 1.54) is 25.7 Å². The van der Waals surface area contributed by atoms with Gasteiger partial charge in [-0.25, -0.2) is 0 Å². The Bertz CT molecular complexity index is 418. The van der Waals surface area contributed by atoms with Crippen LogP contribution in [0.1, 0.15) is 57.8 Å². The van der Waals surface area contributed by atoms with E-state index < -0.39 is 0 Å². The van der Waals surface area contributed by atoms with Crippen molar-refractivity contribution in [3.05, 3.63) is 0 Å². The number of carbonyl (C=O) groups excluding carboxylic acids is 2. The van der Waals surface area contributed by atoms with Gasteiger partial charge in [0, 0.05) is 25.6 Å². The van der Waals surface area contributed by atoms with Crippen LogP contribution in [0.2, 0.25) is 0 Å². The number of rotatable bonds is 4. The summed E-state index contributed by atoms with van der Waals surface area (Å²) >= 11 is 0. The SMILES string of the molecule is Cl.NC(=O)CCC1CCCN(C(=O)C2CC3CCCCC3N2)C1. The fourth-order valence-electron chi connectivity index (χ4n) is 4.58. The van der Waals surface area contributed by atoms with Crippen LogP contribution in [-0.2, 0) is 9.59 Å². The highest BCUT2D eigenvalue weighted by Gasteiger charge is 2.40. The van der Waals surface area contributed by atoms with Crippen molar-refractivity contribution in [2.75, 3.05) is 13.1 Å². The summed E-state index contributed by atoms with van der Waals surface area (Å²) in [6, 6.07) is 0.598. The highest BCUT2D eigenvalue weighted by atomic mass is 35.5. The van der Waals surface area contributed by atoms with Crippen molar-refractivity contribution in [2.24, 2.45) is 17.6 Å². The van der Waals surface area contributed by atoms with Crippen molar-refractivity contribution in [3.63, 3.8) is 0 Å². The van der Waals surface area contributed by atoms with Gasteiger partial charge in [0.2, 0.25) is 11.8 Å². The van der Waals surface area contributed by atoms with E-state index in [0.717, 1.165) is 38.8 Å². The number of nitrogens with one attached hydrogen (secondary N) is 1. The van der Waals surface area contributed by atoms with Gasteiger partial charge >= 0.3 is 0 Å². The minimum Gasteiger partial charge on any atom is -0.370 e. The third-order valence-electron chi connectivity index (χ3n) is 5.79. The maximum absolute atomic E-state index is 12.8. The van der Waals surface area contributed by atoms with Gasteiger partial charge in [0.05, 0.1) is 6.04 Å². The van der Waals surface area contributed by atoms with E-state index in [2.05, 4.69) is 5.32 Å². The van der Waals surface area contributed by atoms with Gasteiger partial charge in [0.15, 0.2) is 0 Å². The second-order valence-corrected chi connectivity index (χ2v) is 7.40. The second-order valence-electron chi connectivity index (χ2n) is 7.40. The summed E-state index contributed by atoms with van der Waals surface area (Å²) in [7, 11) is 0. The zero-order chi connectivity index (χ0) is 15.5. The Morgan fingerprint density at radius 3 is 2.65 bits per heavy atom. The number of amides is 2. The number of hydrogen-bond acceptors (Lipinski definition) is 3. The normalized spacial score (nSPS) is 33.7. The smallest absolute Gasteiger partial charge is 0.239 e. The Kier molecular flexibility index (Phi) is 6.72. The zero-order valence-electron chi connectivity index (χ0n) is 13.8. The molecule has 23 heavy (non-hydrogen) atoms. The molecule has 1 aliphatic carbocycles. The molecule has 6 heteroatoms. The zero-order valence-corrected chi connectivity index (χ0v) is 14.7. The Morgan fingerprint density at radius 2 is 1.91 bits per heavy atom. The fraction of sp³-hybridized carbons (Fsp3) is 0.882. The van der Waals surface area contributed by atoms with E-state index in [1.807, 2.05) is 4.90 Å². The molecule has 0 aromatic heterocycles. The first-order chi connectivity index (χ1) is 10.6. The van der Waals surface area contributed by atoms with Crippen molar-refractivity contribution in [3.8, 4) is 0 Å². The van der Waals surface area contributed by atoms with Crippen molar-refractivity contribution < 1.29 is 9.59 Å². The van der Waals surface area contributed by atoms with Crippen LogP contribution >= 0.6 is 12.4 Å². The van der Waals surface area contributed by atoms with Gasteiger partial charge in [-0.15, -0.1) is 12.4 Å². The molecule has 3 N–H and O–H groups in total. The Labute approximate surface area is 145 Å². The topological polar surface area (TPSA) is 75.4 Å².